The second-order valence-corrected chi connectivity index (χ2v) is 8.39. The third-order valence-electron chi connectivity index (χ3n) is 4.68. The molecule has 2 aromatic carbocycles. The van der Waals surface area contributed by atoms with Crippen LogP contribution in [0.1, 0.15) is 36.6 Å². The molecule has 0 saturated carbocycles. The molecule has 1 aliphatic rings. The summed E-state index contributed by atoms with van der Waals surface area (Å²) < 4.78 is 40.2. The molecule has 0 aliphatic carbocycles. The van der Waals surface area contributed by atoms with Crippen LogP contribution in [0, 0.1) is 11.6 Å². The molecule has 0 spiro atoms. The quantitative estimate of drug-likeness (QED) is 0.429. The summed E-state index contributed by atoms with van der Waals surface area (Å²) in [6.07, 6.45) is 4.22. The van der Waals surface area contributed by atoms with Crippen molar-refractivity contribution in [2.24, 2.45) is 5.73 Å². The summed E-state index contributed by atoms with van der Waals surface area (Å²) in [6.45, 7) is 0. The molecular weight excluding hydrogens is 468 g/mol. The minimum atomic E-state index is -1.86. The minimum absolute atomic E-state index is 0.0795. The van der Waals surface area contributed by atoms with Crippen LogP contribution >= 0.6 is 0 Å². The highest BCUT2D eigenvalue weighted by Crippen LogP contribution is 2.35. The number of hydrogen-bond donors (Lipinski definition) is 2. The first-order chi connectivity index (χ1) is 16.1. The lowest BCUT2D eigenvalue weighted by Crippen LogP contribution is -2.36. The van der Waals surface area contributed by atoms with E-state index in [1.54, 1.807) is 18.3 Å². The lowest BCUT2D eigenvalue weighted by atomic mass is 10.0. The highest BCUT2D eigenvalue weighted by Gasteiger charge is 2.38. The Morgan fingerprint density at radius 2 is 1.85 bits per heavy atom. The van der Waals surface area contributed by atoms with E-state index in [0.29, 0.717) is 11.3 Å². The van der Waals surface area contributed by atoms with Gasteiger partial charge < -0.3 is 15.4 Å². The molecule has 11 heteroatoms. The molecule has 34 heavy (non-hydrogen) atoms. The fraction of sp³-hybridized carbons (Fsp3) is 0.0435. The standard InChI is InChI=1S/C17H11F2NO4S.C6H6N2O/c1-20-14-5-3-10(17(22)23)8-11(14)16(21)15(25(20)24)7-9-2-4-12(18)13(19)6-9;7-6(9)5-2-1-3-8-4-5/h2-8H,1H3,(H,22,23);1-4H,(H2,7,9)/b15-7-;. The summed E-state index contributed by atoms with van der Waals surface area (Å²) in [6, 6.07) is 10.2. The molecule has 1 unspecified atom stereocenters. The van der Waals surface area contributed by atoms with Gasteiger partial charge in [-0.2, -0.15) is 4.31 Å². The van der Waals surface area contributed by atoms with Gasteiger partial charge in [-0.1, -0.05) is 6.07 Å². The van der Waals surface area contributed by atoms with E-state index >= 15 is 0 Å². The number of pyridine rings is 1. The summed E-state index contributed by atoms with van der Waals surface area (Å²) >= 11 is -1.86. The van der Waals surface area contributed by atoms with E-state index in [9.17, 15) is 27.7 Å². The Balaban J connectivity index is 0.000000302. The fourth-order valence-electron chi connectivity index (χ4n) is 2.95. The minimum Gasteiger partial charge on any atom is -0.588 e. The topological polar surface area (TPSA) is 137 Å². The maximum Gasteiger partial charge on any atom is 0.335 e. The van der Waals surface area contributed by atoms with Gasteiger partial charge in [-0.3, -0.25) is 14.6 Å². The number of amides is 1. The highest BCUT2D eigenvalue weighted by molar-refractivity contribution is 7.97. The molecular formula is C23H17F2N3O5S. The van der Waals surface area contributed by atoms with Crippen molar-refractivity contribution in [1.82, 2.24) is 4.98 Å². The summed E-state index contributed by atoms with van der Waals surface area (Å²) in [7, 11) is 1.49. The van der Waals surface area contributed by atoms with Gasteiger partial charge in [0.05, 0.1) is 29.4 Å². The predicted molar refractivity (Wildman–Crippen MR) is 121 cm³/mol. The van der Waals surface area contributed by atoms with Gasteiger partial charge >= 0.3 is 5.97 Å². The summed E-state index contributed by atoms with van der Waals surface area (Å²) in [5.74, 6) is -4.39. The van der Waals surface area contributed by atoms with Gasteiger partial charge in [-0.05, 0) is 48.0 Å². The number of nitrogens with two attached hydrogens (primary N) is 1. The van der Waals surface area contributed by atoms with Gasteiger partial charge in [0.25, 0.3) is 0 Å². The number of benzene rings is 2. The molecule has 1 atom stereocenters. The number of carbonyl (C=O) groups is 3. The number of anilines is 1. The smallest absolute Gasteiger partial charge is 0.335 e. The Morgan fingerprint density at radius 1 is 1.12 bits per heavy atom. The zero-order valence-corrected chi connectivity index (χ0v) is 18.4. The zero-order valence-electron chi connectivity index (χ0n) is 17.6. The van der Waals surface area contributed by atoms with E-state index in [2.05, 4.69) is 4.98 Å². The Kier molecular flexibility index (Phi) is 7.39. The number of hydrogen-bond acceptors (Lipinski definition) is 6. The van der Waals surface area contributed by atoms with E-state index in [1.165, 1.54) is 47.9 Å². The van der Waals surface area contributed by atoms with Crippen LogP contribution in [0.5, 0.6) is 0 Å². The van der Waals surface area contributed by atoms with E-state index in [1.807, 2.05) is 0 Å². The molecule has 4 rings (SSSR count). The first-order valence-corrected chi connectivity index (χ1v) is 10.6. The van der Waals surface area contributed by atoms with E-state index in [4.69, 9.17) is 10.8 Å². The lowest BCUT2D eigenvalue weighted by molar-refractivity contribution is 0.0696. The number of rotatable bonds is 3. The first kappa shape index (κ1) is 24.6. The van der Waals surface area contributed by atoms with Crippen LogP contribution in [0.2, 0.25) is 0 Å². The maximum atomic E-state index is 13.3. The Morgan fingerprint density at radius 3 is 2.41 bits per heavy atom. The maximum absolute atomic E-state index is 13.3. The molecule has 2 heterocycles. The van der Waals surface area contributed by atoms with Crippen LogP contribution in [0.4, 0.5) is 14.5 Å². The molecule has 3 N–H and O–H groups in total. The van der Waals surface area contributed by atoms with E-state index < -0.39 is 40.7 Å². The average Bonchev–Trinajstić information content (AvgIpc) is 2.83. The second-order valence-electron chi connectivity index (χ2n) is 6.90. The molecule has 1 aliphatic heterocycles. The number of ketones is 1. The predicted octanol–water partition coefficient (Wildman–Crippen LogP) is 3.18. The Bertz CT molecular complexity index is 1300. The van der Waals surface area contributed by atoms with Crippen LogP contribution in [0.15, 0.2) is 65.8 Å². The summed E-state index contributed by atoms with van der Waals surface area (Å²) in [5.41, 5.74) is 5.87. The first-order valence-electron chi connectivity index (χ1n) is 9.54. The van der Waals surface area contributed by atoms with E-state index in [0.717, 1.165) is 12.1 Å². The summed E-state index contributed by atoms with van der Waals surface area (Å²) in [4.78, 5) is 37.7. The molecule has 3 aromatic rings. The van der Waals surface area contributed by atoms with Crippen LogP contribution in [-0.4, -0.2) is 39.4 Å². The monoisotopic (exact) mass is 485 g/mol. The molecule has 0 radical (unpaired) electrons. The van der Waals surface area contributed by atoms with Crippen LogP contribution in [-0.2, 0) is 11.4 Å². The largest absolute Gasteiger partial charge is 0.588 e. The number of Topliss-reactive ketones (excluding diaryl/α,β-unsaturated/α-hetero) is 1. The molecule has 0 bridgehead atoms. The van der Waals surface area contributed by atoms with Crippen molar-refractivity contribution in [2.75, 3.05) is 11.4 Å². The second kappa shape index (κ2) is 10.2. The van der Waals surface area contributed by atoms with Gasteiger partial charge in [-0.25, -0.2) is 13.6 Å². The lowest BCUT2D eigenvalue weighted by Gasteiger charge is -2.29. The van der Waals surface area contributed by atoms with E-state index in [-0.39, 0.29) is 21.6 Å². The number of nitrogens with zero attached hydrogens (tertiary/aromatic N) is 2. The molecule has 0 fully saturated rings. The van der Waals surface area contributed by atoms with Crippen molar-refractivity contribution in [3.8, 4) is 0 Å². The third-order valence-corrected chi connectivity index (χ3v) is 6.05. The van der Waals surface area contributed by atoms with Gasteiger partial charge in [0.2, 0.25) is 16.6 Å². The number of aromatic carboxylic acids is 1. The number of primary amides is 1. The Hall–Kier alpha value is -4.09. The van der Waals surface area contributed by atoms with Gasteiger partial charge in [0.15, 0.2) is 11.6 Å². The van der Waals surface area contributed by atoms with Crippen LogP contribution < -0.4 is 10.0 Å². The van der Waals surface area contributed by atoms with Crippen molar-refractivity contribution in [3.05, 3.63) is 99.7 Å². The fourth-order valence-corrected chi connectivity index (χ4v) is 4.09. The van der Waals surface area contributed by atoms with Crippen molar-refractivity contribution in [1.29, 1.82) is 0 Å². The van der Waals surface area contributed by atoms with Gasteiger partial charge in [0.1, 0.15) is 11.4 Å². The number of carbonyl (C=O) groups excluding carboxylic acids is 2. The van der Waals surface area contributed by atoms with Crippen molar-refractivity contribution in [2.45, 2.75) is 0 Å². The van der Waals surface area contributed by atoms with Gasteiger partial charge in [0, 0.05) is 18.5 Å². The number of allylic oxidation sites excluding steroid dienone is 1. The third kappa shape index (κ3) is 5.27. The number of aromatic nitrogens is 1. The van der Waals surface area contributed by atoms with Crippen molar-refractivity contribution >= 4 is 40.8 Å². The summed E-state index contributed by atoms with van der Waals surface area (Å²) in [5, 5.41) is 9.07. The number of carboxylic acid groups (broad SMARTS) is 1. The molecule has 1 aromatic heterocycles. The molecule has 0 saturated heterocycles. The number of carboxylic acids is 1. The van der Waals surface area contributed by atoms with Crippen LogP contribution in [0.25, 0.3) is 6.08 Å². The molecule has 174 valence electrons. The zero-order chi connectivity index (χ0) is 25.0. The highest BCUT2D eigenvalue weighted by atomic mass is 32.2. The number of fused-ring (bicyclic) bond motifs is 1. The number of halogens is 2. The average molecular weight is 485 g/mol. The Labute approximate surface area is 195 Å². The molecule has 8 nitrogen and oxygen atoms in total. The van der Waals surface area contributed by atoms with Crippen molar-refractivity contribution in [3.63, 3.8) is 0 Å². The normalized spacial score (nSPS) is 15.9. The molecule has 1 amide bonds. The van der Waals surface area contributed by atoms with Crippen LogP contribution in [0.3, 0.4) is 0 Å². The SMILES string of the molecule is CN1c2ccc(C(=O)O)cc2C(=O)/C(=C/c2ccc(F)c(F)c2)[S+]1[O-].NC(=O)c1cccnc1. The van der Waals surface area contributed by atoms with Gasteiger partial charge in [-0.15, -0.1) is 0 Å². The van der Waals surface area contributed by atoms with Crippen molar-refractivity contribution < 1.29 is 32.8 Å².